The SMILES string of the molecule is Nc1cc(NC[C@H]2CCCN2)nc(I)c(Br)cn[nH]1. The van der Waals surface area contributed by atoms with Crippen LogP contribution >= 0.6 is 38.5 Å². The standard InChI is InChI=1S/C11H16BrIN6/c12-8-6-17-19-9(14)4-10(18-11(8)13)16-5-7-2-1-3-15-7/h4,6-7,15,19H,1-3,5,14H2,(H,16,18)/t7-/m1/s1. The number of nitrogens with zero attached hydrogens (tertiary/aromatic N) is 2. The van der Waals surface area contributed by atoms with Crippen molar-refractivity contribution in [3.05, 3.63) is 20.4 Å². The molecule has 1 aliphatic rings. The molecule has 0 spiro atoms. The summed E-state index contributed by atoms with van der Waals surface area (Å²) < 4.78 is 1.62. The van der Waals surface area contributed by atoms with Crippen LogP contribution < -0.4 is 16.4 Å². The van der Waals surface area contributed by atoms with Gasteiger partial charge in [-0.15, -0.1) is 0 Å². The average Bonchev–Trinajstić information content (AvgIpc) is 2.88. The maximum atomic E-state index is 5.80. The minimum absolute atomic E-state index is 0.452. The van der Waals surface area contributed by atoms with Gasteiger partial charge in [0.15, 0.2) is 0 Å². The number of aromatic nitrogens is 3. The van der Waals surface area contributed by atoms with Crippen molar-refractivity contribution in [1.29, 1.82) is 0 Å². The molecule has 5 N–H and O–H groups in total. The van der Waals surface area contributed by atoms with Crippen LogP contribution in [-0.2, 0) is 0 Å². The Hall–Kier alpha value is -0.610. The zero-order valence-electron chi connectivity index (χ0n) is 10.3. The van der Waals surface area contributed by atoms with Crippen LogP contribution in [0.2, 0.25) is 0 Å². The van der Waals surface area contributed by atoms with Crippen LogP contribution in [0.15, 0.2) is 16.7 Å². The topological polar surface area (TPSA) is 91.7 Å². The van der Waals surface area contributed by atoms with E-state index in [1.54, 1.807) is 12.3 Å². The van der Waals surface area contributed by atoms with Gasteiger partial charge in [0, 0.05) is 18.7 Å². The lowest BCUT2D eigenvalue weighted by molar-refractivity contribution is 0.632. The molecule has 0 radical (unpaired) electrons. The van der Waals surface area contributed by atoms with Crippen molar-refractivity contribution in [2.45, 2.75) is 18.9 Å². The molecule has 0 saturated carbocycles. The molecule has 0 unspecified atom stereocenters. The van der Waals surface area contributed by atoms with E-state index in [0.717, 1.165) is 27.1 Å². The molecule has 104 valence electrons. The smallest absolute Gasteiger partial charge is 0.130 e. The summed E-state index contributed by atoms with van der Waals surface area (Å²) in [6.07, 6.45) is 4.06. The molecule has 8 heteroatoms. The molecule has 2 rings (SSSR count). The molecular formula is C11H16BrIN6. The summed E-state index contributed by atoms with van der Waals surface area (Å²) in [7, 11) is 0. The third kappa shape index (κ3) is 4.77. The normalized spacial score (nSPS) is 18.1. The second kappa shape index (κ2) is 7.25. The maximum absolute atomic E-state index is 5.80. The molecule has 1 aliphatic heterocycles. The van der Waals surface area contributed by atoms with Gasteiger partial charge < -0.3 is 16.4 Å². The van der Waals surface area contributed by atoms with E-state index in [2.05, 4.69) is 64.3 Å². The van der Waals surface area contributed by atoms with Crippen LogP contribution in [0.4, 0.5) is 11.6 Å². The Bertz CT molecular complexity index is 484. The molecule has 1 fully saturated rings. The molecule has 1 aromatic heterocycles. The Morgan fingerprint density at radius 3 is 3.16 bits per heavy atom. The summed E-state index contributed by atoms with van der Waals surface area (Å²) in [6, 6.07) is 2.25. The number of hydrogen-bond acceptors (Lipinski definition) is 5. The number of nitrogen functional groups attached to an aromatic ring is 1. The molecule has 19 heavy (non-hydrogen) atoms. The Labute approximate surface area is 133 Å². The number of anilines is 2. The molecule has 1 atom stereocenters. The fourth-order valence-corrected chi connectivity index (χ4v) is 2.43. The van der Waals surface area contributed by atoms with Crippen LogP contribution in [0.1, 0.15) is 12.8 Å². The van der Waals surface area contributed by atoms with Crippen molar-refractivity contribution in [3.63, 3.8) is 0 Å². The zero-order valence-corrected chi connectivity index (χ0v) is 14.0. The van der Waals surface area contributed by atoms with Crippen molar-refractivity contribution in [2.75, 3.05) is 24.1 Å². The molecule has 0 amide bonds. The van der Waals surface area contributed by atoms with E-state index in [-0.39, 0.29) is 0 Å². The van der Waals surface area contributed by atoms with E-state index in [1.807, 2.05) is 0 Å². The Morgan fingerprint density at radius 2 is 2.42 bits per heavy atom. The molecule has 1 saturated heterocycles. The summed E-state index contributed by atoms with van der Waals surface area (Å²) in [5, 5.41) is 13.5. The lowest BCUT2D eigenvalue weighted by Crippen LogP contribution is -2.29. The van der Waals surface area contributed by atoms with Gasteiger partial charge in [-0.2, -0.15) is 5.10 Å². The van der Waals surface area contributed by atoms with E-state index in [0.29, 0.717) is 11.9 Å². The minimum atomic E-state index is 0.452. The van der Waals surface area contributed by atoms with Gasteiger partial charge in [0.05, 0.1) is 10.7 Å². The first kappa shape index (κ1) is 14.8. The summed E-state index contributed by atoms with van der Waals surface area (Å²) >= 11 is 5.56. The predicted octanol–water partition coefficient (Wildman–Crippen LogP) is 2.04. The van der Waals surface area contributed by atoms with Gasteiger partial charge in [-0.25, -0.2) is 4.98 Å². The fourth-order valence-electron chi connectivity index (χ4n) is 1.84. The molecule has 6 nitrogen and oxygen atoms in total. The highest BCUT2D eigenvalue weighted by atomic mass is 127. The number of rotatable bonds is 3. The Kier molecular flexibility index (Phi) is 5.64. The number of nitrogens with one attached hydrogen (secondary N) is 3. The first-order valence-electron chi connectivity index (χ1n) is 6.02. The maximum Gasteiger partial charge on any atom is 0.130 e. The quantitative estimate of drug-likeness (QED) is 0.542. The molecular weight excluding hydrogens is 423 g/mol. The molecule has 0 aromatic carbocycles. The summed E-state index contributed by atoms with van der Waals surface area (Å²) in [5.41, 5.74) is 5.80. The summed E-state index contributed by atoms with van der Waals surface area (Å²) in [5.74, 6) is 1.18. The monoisotopic (exact) mass is 438 g/mol. The van der Waals surface area contributed by atoms with E-state index >= 15 is 0 Å². The molecule has 0 aliphatic carbocycles. The molecule has 1 aromatic rings. The molecule has 2 heterocycles. The van der Waals surface area contributed by atoms with Crippen LogP contribution in [0.25, 0.3) is 0 Å². The summed E-state index contributed by atoms with van der Waals surface area (Å²) in [6.45, 7) is 1.93. The van der Waals surface area contributed by atoms with Crippen molar-refractivity contribution >= 4 is 50.2 Å². The number of aromatic amines is 1. The second-order valence-electron chi connectivity index (χ2n) is 4.28. The van der Waals surface area contributed by atoms with Crippen molar-refractivity contribution in [2.24, 2.45) is 0 Å². The predicted molar refractivity (Wildman–Crippen MR) is 88.4 cm³/mol. The highest BCUT2D eigenvalue weighted by molar-refractivity contribution is 14.1. The van der Waals surface area contributed by atoms with Gasteiger partial charge in [0.2, 0.25) is 0 Å². The number of halogens is 2. The van der Waals surface area contributed by atoms with E-state index < -0.39 is 0 Å². The third-order valence-electron chi connectivity index (χ3n) is 2.77. The van der Waals surface area contributed by atoms with Gasteiger partial charge in [0.25, 0.3) is 0 Å². The van der Waals surface area contributed by atoms with E-state index in [1.165, 1.54) is 12.8 Å². The van der Waals surface area contributed by atoms with Crippen LogP contribution in [0.5, 0.6) is 0 Å². The van der Waals surface area contributed by atoms with Gasteiger partial charge in [-0.05, 0) is 57.9 Å². The van der Waals surface area contributed by atoms with E-state index in [4.69, 9.17) is 5.73 Å². The van der Waals surface area contributed by atoms with Crippen molar-refractivity contribution in [3.8, 4) is 0 Å². The highest BCUT2D eigenvalue weighted by Crippen LogP contribution is 2.15. The van der Waals surface area contributed by atoms with Gasteiger partial charge in [-0.1, -0.05) is 0 Å². The lowest BCUT2D eigenvalue weighted by atomic mass is 10.2. The highest BCUT2D eigenvalue weighted by Gasteiger charge is 2.13. The van der Waals surface area contributed by atoms with Gasteiger partial charge in [-0.3, -0.25) is 5.10 Å². The molecule has 0 bridgehead atoms. The van der Waals surface area contributed by atoms with Crippen molar-refractivity contribution < 1.29 is 0 Å². The number of hydrogen-bond donors (Lipinski definition) is 4. The lowest BCUT2D eigenvalue weighted by Gasteiger charge is -2.11. The first-order valence-corrected chi connectivity index (χ1v) is 7.90. The van der Waals surface area contributed by atoms with Crippen molar-refractivity contribution in [1.82, 2.24) is 20.5 Å². The van der Waals surface area contributed by atoms with Gasteiger partial charge >= 0.3 is 0 Å². The van der Waals surface area contributed by atoms with Crippen LogP contribution in [-0.4, -0.2) is 34.3 Å². The minimum Gasteiger partial charge on any atom is -0.384 e. The zero-order chi connectivity index (χ0) is 13.7. The second-order valence-corrected chi connectivity index (χ2v) is 6.16. The number of H-pyrrole nitrogens is 1. The Balaban J connectivity index is 2.20. The Morgan fingerprint density at radius 1 is 1.58 bits per heavy atom. The number of nitrogens with two attached hydrogens (primary N) is 1. The van der Waals surface area contributed by atoms with Gasteiger partial charge in [0.1, 0.15) is 15.3 Å². The van der Waals surface area contributed by atoms with Crippen LogP contribution in [0, 0.1) is 3.70 Å². The first-order chi connectivity index (χ1) is 9.15. The summed E-state index contributed by atoms with van der Waals surface area (Å²) in [4.78, 5) is 4.50. The average molecular weight is 439 g/mol. The van der Waals surface area contributed by atoms with E-state index in [9.17, 15) is 0 Å². The third-order valence-corrected chi connectivity index (χ3v) is 4.92. The fraction of sp³-hybridized carbons (Fsp3) is 0.455. The van der Waals surface area contributed by atoms with Crippen LogP contribution in [0.3, 0.4) is 0 Å². The largest absolute Gasteiger partial charge is 0.384 e.